The molecule has 2 aliphatic rings. The third kappa shape index (κ3) is 2.93. The van der Waals surface area contributed by atoms with Crippen LogP contribution >= 0.6 is 11.6 Å². The van der Waals surface area contributed by atoms with Gasteiger partial charge in [0.15, 0.2) is 0 Å². The number of nitrogens with one attached hydrogen (secondary N) is 1. The zero-order valence-electron chi connectivity index (χ0n) is 12.6. The Morgan fingerprint density at radius 2 is 2.19 bits per heavy atom. The molecule has 21 heavy (non-hydrogen) atoms. The van der Waals surface area contributed by atoms with Crippen molar-refractivity contribution in [3.05, 3.63) is 34.9 Å². The van der Waals surface area contributed by atoms with Crippen molar-refractivity contribution in [1.82, 2.24) is 15.1 Å². The zero-order chi connectivity index (χ0) is 15.0. The fraction of sp³-hybridized carbons (Fsp3) is 0.562. The topological polar surface area (TPSA) is 35.6 Å². The predicted octanol–water partition coefficient (Wildman–Crippen LogP) is 2.25. The molecule has 2 aliphatic heterocycles. The third-order valence-electron chi connectivity index (χ3n) is 4.47. The van der Waals surface area contributed by atoms with Crippen LogP contribution in [0.5, 0.6) is 0 Å². The Kier molecular flexibility index (Phi) is 4.20. The molecule has 3 unspecified atom stereocenters. The van der Waals surface area contributed by atoms with Crippen molar-refractivity contribution in [3.8, 4) is 0 Å². The first kappa shape index (κ1) is 14.8. The van der Waals surface area contributed by atoms with Gasteiger partial charge in [-0.3, -0.25) is 10.1 Å². The molecule has 1 aromatic rings. The summed E-state index contributed by atoms with van der Waals surface area (Å²) in [5.74, 6) is 0.195. The highest BCUT2D eigenvalue weighted by molar-refractivity contribution is 6.30. The number of amides is 1. The van der Waals surface area contributed by atoms with Gasteiger partial charge < -0.3 is 9.80 Å². The molecule has 2 fully saturated rings. The largest absolute Gasteiger partial charge is 0.317 e. The molecule has 0 radical (unpaired) electrons. The number of likely N-dealkylation sites (tertiary alicyclic amines) is 1. The smallest absolute Gasteiger partial charge is 0.241 e. The molecule has 0 spiro atoms. The third-order valence-corrected chi connectivity index (χ3v) is 4.70. The lowest BCUT2D eigenvalue weighted by atomic mass is 10.0. The minimum Gasteiger partial charge on any atom is -0.317 e. The van der Waals surface area contributed by atoms with E-state index in [-0.39, 0.29) is 24.2 Å². The van der Waals surface area contributed by atoms with Crippen molar-refractivity contribution in [2.45, 2.75) is 38.0 Å². The van der Waals surface area contributed by atoms with Crippen LogP contribution in [-0.2, 0) is 4.79 Å². The van der Waals surface area contributed by atoms with Crippen LogP contribution < -0.4 is 5.32 Å². The number of piperidine rings is 1. The highest BCUT2D eigenvalue weighted by Crippen LogP contribution is 2.31. The second-order valence-corrected chi connectivity index (χ2v) is 6.59. The van der Waals surface area contributed by atoms with Gasteiger partial charge in [-0.1, -0.05) is 23.7 Å². The predicted molar refractivity (Wildman–Crippen MR) is 84.2 cm³/mol. The number of likely N-dealkylation sites (N-methyl/N-ethyl adjacent to an activating group) is 1. The maximum absolute atomic E-state index is 12.6. The van der Waals surface area contributed by atoms with Crippen LogP contribution in [0.4, 0.5) is 0 Å². The van der Waals surface area contributed by atoms with Gasteiger partial charge in [0, 0.05) is 17.6 Å². The van der Waals surface area contributed by atoms with Gasteiger partial charge in [0.2, 0.25) is 5.91 Å². The maximum atomic E-state index is 12.6. The summed E-state index contributed by atoms with van der Waals surface area (Å²) in [6.45, 7) is 3.99. The number of carbonyl (C=O) groups is 1. The molecule has 3 atom stereocenters. The first-order valence-electron chi connectivity index (χ1n) is 7.58. The van der Waals surface area contributed by atoms with E-state index in [1.807, 2.05) is 36.1 Å². The standard InChI is InChI=1S/C16H22ClN3O/c1-11-16(21)20(14-7-4-8-19(2)10-14)15(18-11)12-5-3-6-13(17)9-12/h3,5-6,9,11,14-15,18H,4,7-8,10H2,1-2H3. The lowest BCUT2D eigenvalue weighted by molar-refractivity contribution is -0.133. The van der Waals surface area contributed by atoms with E-state index in [0.717, 1.165) is 31.5 Å². The second-order valence-electron chi connectivity index (χ2n) is 6.15. The Labute approximate surface area is 131 Å². The molecule has 114 valence electrons. The van der Waals surface area contributed by atoms with E-state index in [9.17, 15) is 4.79 Å². The van der Waals surface area contributed by atoms with E-state index in [0.29, 0.717) is 5.02 Å². The fourth-order valence-electron chi connectivity index (χ4n) is 3.43. The number of carbonyl (C=O) groups excluding carboxylic acids is 1. The summed E-state index contributed by atoms with van der Waals surface area (Å²) in [6.07, 6.45) is 2.14. The summed E-state index contributed by atoms with van der Waals surface area (Å²) in [5, 5.41) is 4.12. The van der Waals surface area contributed by atoms with Gasteiger partial charge in [-0.2, -0.15) is 0 Å². The summed E-state index contributed by atoms with van der Waals surface area (Å²) >= 11 is 6.11. The van der Waals surface area contributed by atoms with Crippen LogP contribution in [0.25, 0.3) is 0 Å². The van der Waals surface area contributed by atoms with Crippen LogP contribution in [0.1, 0.15) is 31.5 Å². The molecule has 0 bridgehead atoms. The first-order valence-corrected chi connectivity index (χ1v) is 7.96. The molecule has 2 heterocycles. The summed E-state index contributed by atoms with van der Waals surface area (Å²) < 4.78 is 0. The average molecular weight is 308 g/mol. The van der Waals surface area contributed by atoms with Gasteiger partial charge in [0.1, 0.15) is 6.17 Å². The monoisotopic (exact) mass is 307 g/mol. The molecule has 0 saturated carbocycles. The van der Waals surface area contributed by atoms with Gasteiger partial charge in [0.25, 0.3) is 0 Å². The van der Waals surface area contributed by atoms with Gasteiger partial charge in [0.05, 0.1) is 6.04 Å². The molecular weight excluding hydrogens is 286 g/mol. The van der Waals surface area contributed by atoms with Crippen molar-refractivity contribution in [2.75, 3.05) is 20.1 Å². The molecule has 1 amide bonds. The molecule has 5 heteroatoms. The van der Waals surface area contributed by atoms with E-state index in [1.165, 1.54) is 0 Å². The Bertz CT molecular complexity index is 536. The van der Waals surface area contributed by atoms with Crippen LogP contribution in [0.3, 0.4) is 0 Å². The zero-order valence-corrected chi connectivity index (χ0v) is 13.3. The molecule has 1 aromatic carbocycles. The Balaban J connectivity index is 1.89. The van der Waals surface area contributed by atoms with Crippen LogP contribution in [0.15, 0.2) is 24.3 Å². The summed E-state index contributed by atoms with van der Waals surface area (Å²) in [5.41, 5.74) is 1.06. The number of halogens is 1. The molecule has 0 aliphatic carbocycles. The maximum Gasteiger partial charge on any atom is 0.241 e. The quantitative estimate of drug-likeness (QED) is 0.910. The number of benzene rings is 1. The minimum atomic E-state index is -0.138. The van der Waals surface area contributed by atoms with Gasteiger partial charge in [-0.05, 0) is 51.1 Å². The average Bonchev–Trinajstić information content (AvgIpc) is 2.75. The van der Waals surface area contributed by atoms with Crippen molar-refractivity contribution in [2.24, 2.45) is 0 Å². The van der Waals surface area contributed by atoms with Gasteiger partial charge in [-0.15, -0.1) is 0 Å². The number of rotatable bonds is 2. The molecular formula is C16H22ClN3O. The summed E-state index contributed by atoms with van der Waals surface area (Å²) in [4.78, 5) is 16.9. The van der Waals surface area contributed by atoms with Crippen molar-refractivity contribution >= 4 is 17.5 Å². The molecule has 1 N–H and O–H groups in total. The molecule has 4 nitrogen and oxygen atoms in total. The first-order chi connectivity index (χ1) is 10.1. The Morgan fingerprint density at radius 1 is 1.38 bits per heavy atom. The lowest BCUT2D eigenvalue weighted by Crippen LogP contribution is -2.49. The summed E-state index contributed by atoms with van der Waals surface area (Å²) in [6, 6.07) is 7.93. The SMILES string of the molecule is CC1NC(c2cccc(Cl)c2)N(C2CCCN(C)C2)C1=O. The van der Waals surface area contributed by atoms with Gasteiger partial charge in [-0.25, -0.2) is 0 Å². The van der Waals surface area contributed by atoms with E-state index >= 15 is 0 Å². The second kappa shape index (κ2) is 5.95. The van der Waals surface area contributed by atoms with Crippen LogP contribution in [0, 0.1) is 0 Å². The normalized spacial score (nSPS) is 30.9. The lowest BCUT2D eigenvalue weighted by Gasteiger charge is -2.38. The minimum absolute atomic E-state index is 0.0669. The summed E-state index contributed by atoms with van der Waals surface area (Å²) in [7, 11) is 2.12. The van der Waals surface area contributed by atoms with Crippen LogP contribution in [-0.4, -0.2) is 47.9 Å². The molecule has 0 aromatic heterocycles. The molecule has 3 rings (SSSR count). The van der Waals surface area contributed by atoms with Crippen LogP contribution in [0.2, 0.25) is 5.02 Å². The van der Waals surface area contributed by atoms with E-state index in [1.54, 1.807) is 0 Å². The number of hydrogen-bond donors (Lipinski definition) is 1. The van der Waals surface area contributed by atoms with E-state index in [2.05, 4.69) is 17.3 Å². The van der Waals surface area contributed by atoms with Crippen molar-refractivity contribution in [3.63, 3.8) is 0 Å². The highest BCUT2D eigenvalue weighted by Gasteiger charge is 2.41. The van der Waals surface area contributed by atoms with Crippen molar-refractivity contribution < 1.29 is 4.79 Å². The van der Waals surface area contributed by atoms with Gasteiger partial charge >= 0.3 is 0 Å². The van der Waals surface area contributed by atoms with E-state index in [4.69, 9.17) is 11.6 Å². The fourth-order valence-corrected chi connectivity index (χ4v) is 3.63. The Morgan fingerprint density at radius 3 is 2.90 bits per heavy atom. The number of hydrogen-bond acceptors (Lipinski definition) is 3. The van der Waals surface area contributed by atoms with E-state index < -0.39 is 0 Å². The highest BCUT2D eigenvalue weighted by atomic mass is 35.5. The molecule has 2 saturated heterocycles. The van der Waals surface area contributed by atoms with Crippen molar-refractivity contribution in [1.29, 1.82) is 0 Å². The number of nitrogens with zero attached hydrogens (tertiary/aromatic N) is 2. The Hall–Kier alpha value is -1.10.